The number of amides is 3. The van der Waals surface area contributed by atoms with E-state index in [4.69, 9.17) is 20.6 Å². The lowest BCUT2D eigenvalue weighted by Gasteiger charge is -2.26. The number of ether oxygens (including phenoxy) is 3. The van der Waals surface area contributed by atoms with Crippen LogP contribution in [0.25, 0.3) is 10.8 Å². The monoisotopic (exact) mass is 774 g/mol. The number of nitrogens with one attached hydrogen (secondary N) is 5. The number of fused-ring (bicyclic) bond motifs is 1. The third-order valence-corrected chi connectivity index (χ3v) is 9.46. The van der Waals surface area contributed by atoms with Crippen molar-refractivity contribution in [2.75, 3.05) is 73.4 Å². The zero-order chi connectivity index (χ0) is 39.7. The van der Waals surface area contributed by atoms with Gasteiger partial charge in [-0.2, -0.15) is 4.98 Å². The van der Waals surface area contributed by atoms with Crippen molar-refractivity contribution in [2.45, 2.75) is 26.2 Å². The van der Waals surface area contributed by atoms with Crippen LogP contribution in [0.3, 0.4) is 0 Å². The summed E-state index contributed by atoms with van der Waals surface area (Å²) in [5.41, 5.74) is 4.25. The number of aromatic nitrogens is 2. The fraction of sp³-hybridized carbons (Fsp3) is 0.286. The fourth-order valence-corrected chi connectivity index (χ4v) is 6.55. The molecule has 0 spiro atoms. The van der Waals surface area contributed by atoms with E-state index >= 15 is 0 Å². The molecule has 1 fully saturated rings. The molecule has 3 amide bonds. The number of methoxy groups -OCH3 is 1. The van der Waals surface area contributed by atoms with Crippen molar-refractivity contribution in [3.8, 4) is 29.7 Å². The Morgan fingerprint density at radius 1 is 0.964 bits per heavy atom. The number of urea groups is 1. The molecule has 0 radical (unpaired) electrons. The molecule has 14 heteroatoms. The van der Waals surface area contributed by atoms with Crippen molar-refractivity contribution in [2.24, 2.45) is 0 Å². The van der Waals surface area contributed by atoms with Crippen LogP contribution in [0, 0.1) is 12.3 Å². The Kier molecular flexibility index (Phi) is 12.8. The summed E-state index contributed by atoms with van der Waals surface area (Å²) in [6.07, 6.45) is 9.24. The van der Waals surface area contributed by atoms with Gasteiger partial charge in [0.25, 0.3) is 5.91 Å². The highest BCUT2D eigenvalue weighted by atomic mass is 32.2. The normalized spacial score (nSPS) is 13.0. The minimum absolute atomic E-state index is 0.168. The van der Waals surface area contributed by atoms with Crippen molar-refractivity contribution < 1.29 is 23.8 Å². The van der Waals surface area contributed by atoms with E-state index in [0.717, 1.165) is 41.7 Å². The van der Waals surface area contributed by atoms with E-state index in [1.54, 1.807) is 49.7 Å². The molecule has 0 aliphatic carbocycles. The van der Waals surface area contributed by atoms with E-state index < -0.39 is 6.03 Å². The molecule has 4 aromatic carbocycles. The topological polar surface area (TPSA) is 151 Å². The Morgan fingerprint density at radius 2 is 1.71 bits per heavy atom. The number of hydrogen-bond acceptors (Lipinski definition) is 11. The molecule has 0 saturated carbocycles. The largest absolute Gasteiger partial charge is 0.492 e. The molecule has 0 atom stereocenters. The Hall–Kier alpha value is -6.01. The lowest BCUT2D eigenvalue weighted by atomic mass is 9.86. The second-order valence-electron chi connectivity index (χ2n) is 14.0. The van der Waals surface area contributed by atoms with Crippen molar-refractivity contribution in [1.29, 1.82) is 0 Å². The summed E-state index contributed by atoms with van der Waals surface area (Å²) >= 11 is 1.44. The Labute approximate surface area is 331 Å². The lowest BCUT2D eigenvalue weighted by molar-refractivity contribution is 0.0383. The first-order valence-electron chi connectivity index (χ1n) is 18.1. The number of hydrogen-bond donors (Lipinski definition) is 5. The maximum absolute atomic E-state index is 13.5. The highest BCUT2D eigenvalue weighted by Gasteiger charge is 2.21. The molecule has 1 aliphatic heterocycles. The smallest absolute Gasteiger partial charge is 0.323 e. The van der Waals surface area contributed by atoms with Crippen LogP contribution < -0.4 is 35.5 Å². The number of nitrogens with zero attached hydrogens (tertiary/aromatic N) is 3. The summed E-state index contributed by atoms with van der Waals surface area (Å²) in [6.45, 7) is 10.7. The van der Waals surface area contributed by atoms with E-state index in [0.29, 0.717) is 59.4 Å². The molecule has 1 aliphatic rings. The van der Waals surface area contributed by atoms with Crippen LogP contribution in [0.15, 0.2) is 79.0 Å². The first-order valence-corrected chi connectivity index (χ1v) is 19.4. The van der Waals surface area contributed by atoms with E-state index in [2.05, 4.69) is 67.5 Å². The highest BCUT2D eigenvalue weighted by Crippen LogP contribution is 2.40. The molecule has 5 N–H and O–H groups in total. The molecule has 1 aromatic heterocycles. The SMILES string of the molecule is C#Cc1cc(Nc2nccc(Oc3ccc(NC(=O)Nc4cc(C(C)(C)C)cc(NSC)c4OC)c4ccccc34)n2)cc(C(=O)NCCN2CCOCC2)c1. The number of rotatable bonds is 13. The van der Waals surface area contributed by atoms with Gasteiger partial charge in [-0.15, -0.1) is 6.42 Å². The molecule has 56 heavy (non-hydrogen) atoms. The van der Waals surface area contributed by atoms with Gasteiger partial charge in [-0.1, -0.05) is 62.9 Å². The number of carbonyl (C=O) groups is 2. The summed E-state index contributed by atoms with van der Waals surface area (Å²) in [5, 5.41) is 13.6. The van der Waals surface area contributed by atoms with Gasteiger partial charge in [0, 0.05) is 72.3 Å². The number of carbonyl (C=O) groups excluding carboxylic acids is 2. The van der Waals surface area contributed by atoms with Gasteiger partial charge in [-0.05, 0) is 53.4 Å². The summed E-state index contributed by atoms with van der Waals surface area (Å²) in [7, 11) is 1.58. The summed E-state index contributed by atoms with van der Waals surface area (Å²) < 4.78 is 20.7. The van der Waals surface area contributed by atoms with Gasteiger partial charge in [0.15, 0.2) is 5.75 Å². The van der Waals surface area contributed by atoms with Crippen LogP contribution in [-0.2, 0) is 10.2 Å². The molecule has 0 unspecified atom stereocenters. The lowest BCUT2D eigenvalue weighted by Crippen LogP contribution is -2.41. The van der Waals surface area contributed by atoms with Gasteiger partial charge in [0.2, 0.25) is 11.8 Å². The third-order valence-electron chi connectivity index (χ3n) is 9.03. The van der Waals surface area contributed by atoms with E-state index in [9.17, 15) is 9.59 Å². The quantitative estimate of drug-likeness (QED) is 0.0588. The average molecular weight is 775 g/mol. The first kappa shape index (κ1) is 39.7. The van der Waals surface area contributed by atoms with E-state index in [1.807, 2.05) is 42.7 Å². The van der Waals surface area contributed by atoms with Gasteiger partial charge in [0.1, 0.15) is 5.75 Å². The predicted molar refractivity (Wildman–Crippen MR) is 225 cm³/mol. The number of benzene rings is 4. The van der Waals surface area contributed by atoms with Crippen molar-refractivity contribution in [3.05, 3.63) is 95.7 Å². The van der Waals surface area contributed by atoms with Crippen LogP contribution in [-0.4, -0.2) is 79.6 Å². The van der Waals surface area contributed by atoms with Gasteiger partial charge in [0.05, 0.1) is 37.4 Å². The highest BCUT2D eigenvalue weighted by molar-refractivity contribution is 7.99. The van der Waals surface area contributed by atoms with Crippen molar-refractivity contribution in [3.63, 3.8) is 0 Å². The van der Waals surface area contributed by atoms with Crippen LogP contribution in [0.4, 0.5) is 33.5 Å². The third kappa shape index (κ3) is 9.99. The molecule has 2 heterocycles. The second-order valence-corrected chi connectivity index (χ2v) is 14.6. The minimum Gasteiger partial charge on any atom is -0.492 e. The Morgan fingerprint density at radius 3 is 2.45 bits per heavy atom. The second kappa shape index (κ2) is 18.1. The predicted octanol–water partition coefficient (Wildman–Crippen LogP) is 7.85. The average Bonchev–Trinajstić information content (AvgIpc) is 3.19. The minimum atomic E-state index is -0.433. The van der Waals surface area contributed by atoms with Crippen LogP contribution >= 0.6 is 11.9 Å². The molecule has 1 saturated heterocycles. The number of morpholine rings is 1. The molecule has 5 aromatic rings. The Balaban J connectivity index is 1.16. The standard InChI is InChI=1S/C42H46N8O5S/c1-7-27-22-28(39(51)43-16-17-50-18-20-54-21-19-50)24-30(23-27)45-40-44-15-14-37(48-40)55-36-13-12-33(31-10-8-9-11-32(31)36)46-41(52)47-34-25-29(42(2,3)4)26-35(49-56-6)38(34)53-5/h1,8-15,22-26,49H,16-21H2,2-6H3,(H,43,51)(H,44,45,48)(H2,46,47,52). The Bertz CT molecular complexity index is 2250. The molecule has 0 bridgehead atoms. The fourth-order valence-electron chi connectivity index (χ4n) is 6.18. The summed E-state index contributed by atoms with van der Waals surface area (Å²) in [6, 6.07) is 21.4. The van der Waals surface area contributed by atoms with Crippen LogP contribution in [0.2, 0.25) is 0 Å². The number of anilines is 5. The van der Waals surface area contributed by atoms with Gasteiger partial charge >= 0.3 is 6.03 Å². The first-order chi connectivity index (χ1) is 27.0. The zero-order valence-corrected chi connectivity index (χ0v) is 32.9. The molecular formula is C42H46N8O5S. The molecule has 13 nitrogen and oxygen atoms in total. The summed E-state index contributed by atoms with van der Waals surface area (Å²) in [5.74, 6) is 3.96. The molecule has 6 rings (SSSR count). The van der Waals surface area contributed by atoms with Gasteiger partial charge < -0.3 is 40.2 Å². The maximum atomic E-state index is 13.5. The van der Waals surface area contributed by atoms with Gasteiger partial charge in [-0.25, -0.2) is 9.78 Å². The molecule has 290 valence electrons. The summed E-state index contributed by atoms with van der Waals surface area (Å²) in [4.78, 5) is 37.7. The van der Waals surface area contributed by atoms with Crippen molar-refractivity contribution >= 4 is 63.4 Å². The van der Waals surface area contributed by atoms with E-state index in [-0.39, 0.29) is 23.2 Å². The maximum Gasteiger partial charge on any atom is 0.323 e. The van der Waals surface area contributed by atoms with Crippen LogP contribution in [0.5, 0.6) is 17.4 Å². The van der Waals surface area contributed by atoms with Crippen LogP contribution in [0.1, 0.15) is 42.3 Å². The van der Waals surface area contributed by atoms with E-state index in [1.165, 1.54) is 11.9 Å². The molecular weight excluding hydrogens is 729 g/mol. The zero-order valence-electron chi connectivity index (χ0n) is 32.1. The van der Waals surface area contributed by atoms with Crippen molar-refractivity contribution in [1.82, 2.24) is 20.2 Å². The number of terminal acetylenes is 1. The van der Waals surface area contributed by atoms with Gasteiger partial charge in [-0.3, -0.25) is 9.69 Å².